The molecule has 1 N–H and O–H groups in total. The molecule has 2 aromatic heterocycles. The van der Waals surface area contributed by atoms with Crippen LogP contribution in [0.2, 0.25) is 0 Å². The predicted octanol–water partition coefficient (Wildman–Crippen LogP) is 2.77. The molecule has 0 bridgehead atoms. The third-order valence-corrected chi connectivity index (χ3v) is 5.27. The molecule has 1 aliphatic heterocycles. The van der Waals surface area contributed by atoms with Gasteiger partial charge in [-0.3, -0.25) is 4.79 Å². The Labute approximate surface area is 169 Å². The first kappa shape index (κ1) is 19.0. The molecule has 29 heavy (non-hydrogen) atoms. The molecule has 8 nitrogen and oxygen atoms in total. The van der Waals surface area contributed by atoms with Gasteiger partial charge in [0.15, 0.2) is 17.3 Å². The molecule has 1 amide bonds. The number of hydrogen-bond acceptors (Lipinski definition) is 6. The van der Waals surface area contributed by atoms with E-state index in [1.165, 1.54) is 0 Å². The number of hydrogen-bond donors (Lipinski definition) is 1. The highest BCUT2D eigenvalue weighted by Gasteiger charge is 2.25. The third kappa shape index (κ3) is 3.83. The van der Waals surface area contributed by atoms with Gasteiger partial charge in [0.05, 0.1) is 19.9 Å². The van der Waals surface area contributed by atoms with Crippen LogP contribution in [0.15, 0.2) is 36.7 Å². The summed E-state index contributed by atoms with van der Waals surface area (Å²) in [5.41, 5.74) is 2.53. The van der Waals surface area contributed by atoms with Crippen LogP contribution in [0.25, 0.3) is 5.52 Å². The van der Waals surface area contributed by atoms with Crippen molar-refractivity contribution in [2.24, 2.45) is 0 Å². The lowest BCUT2D eigenvalue weighted by Gasteiger charge is -2.32. The zero-order valence-electron chi connectivity index (χ0n) is 16.9. The molecule has 8 heteroatoms. The predicted molar refractivity (Wildman–Crippen MR) is 110 cm³/mol. The van der Waals surface area contributed by atoms with Gasteiger partial charge in [0, 0.05) is 37.1 Å². The summed E-state index contributed by atoms with van der Waals surface area (Å²) >= 11 is 0. The van der Waals surface area contributed by atoms with E-state index in [1.54, 1.807) is 38.6 Å². The largest absolute Gasteiger partial charge is 0.493 e. The lowest BCUT2D eigenvalue weighted by atomic mass is 10.0. The van der Waals surface area contributed by atoms with Crippen molar-refractivity contribution in [1.29, 1.82) is 0 Å². The van der Waals surface area contributed by atoms with Crippen LogP contribution in [0.5, 0.6) is 11.5 Å². The first-order valence-electron chi connectivity index (χ1n) is 9.68. The molecule has 4 rings (SSSR count). The van der Waals surface area contributed by atoms with Crippen LogP contribution in [0.1, 0.15) is 28.9 Å². The zero-order valence-corrected chi connectivity index (χ0v) is 16.9. The quantitative estimate of drug-likeness (QED) is 0.716. The molecule has 3 aromatic rings. The van der Waals surface area contributed by atoms with Crippen molar-refractivity contribution in [3.63, 3.8) is 0 Å². The third-order valence-electron chi connectivity index (χ3n) is 5.27. The second-order valence-corrected chi connectivity index (χ2v) is 7.17. The van der Waals surface area contributed by atoms with Gasteiger partial charge in [-0.25, -0.2) is 9.50 Å². The number of amides is 1. The van der Waals surface area contributed by atoms with E-state index < -0.39 is 0 Å². The van der Waals surface area contributed by atoms with Gasteiger partial charge < -0.3 is 19.7 Å². The van der Waals surface area contributed by atoms with Crippen molar-refractivity contribution in [3.05, 3.63) is 47.9 Å². The Kier molecular flexibility index (Phi) is 5.24. The van der Waals surface area contributed by atoms with Crippen LogP contribution in [-0.2, 0) is 0 Å². The second kappa shape index (κ2) is 7.98. The number of anilines is 1. The summed E-state index contributed by atoms with van der Waals surface area (Å²) in [5, 5.41) is 7.95. The zero-order chi connectivity index (χ0) is 20.4. The molecule has 3 heterocycles. The molecular weight excluding hydrogens is 370 g/mol. The summed E-state index contributed by atoms with van der Waals surface area (Å²) in [6, 6.07) is 7.56. The molecule has 0 aliphatic carbocycles. The lowest BCUT2D eigenvalue weighted by molar-refractivity contribution is 0.0718. The van der Waals surface area contributed by atoms with E-state index in [0.29, 0.717) is 30.2 Å². The Bertz CT molecular complexity index is 1020. The maximum absolute atomic E-state index is 12.9. The summed E-state index contributed by atoms with van der Waals surface area (Å²) in [4.78, 5) is 19.3. The normalized spacial score (nSPS) is 14.8. The van der Waals surface area contributed by atoms with Crippen LogP contribution in [0.4, 0.5) is 5.82 Å². The fourth-order valence-electron chi connectivity index (χ4n) is 3.73. The van der Waals surface area contributed by atoms with E-state index in [0.717, 1.165) is 29.9 Å². The Hall–Kier alpha value is -3.29. The molecule has 0 atom stereocenters. The number of fused-ring (bicyclic) bond motifs is 1. The number of rotatable bonds is 5. The second-order valence-electron chi connectivity index (χ2n) is 7.17. The summed E-state index contributed by atoms with van der Waals surface area (Å²) in [7, 11) is 3.15. The molecule has 1 aromatic carbocycles. The van der Waals surface area contributed by atoms with E-state index in [4.69, 9.17) is 9.47 Å². The number of carbonyl (C=O) groups is 1. The molecule has 0 radical (unpaired) electrons. The number of benzene rings is 1. The maximum Gasteiger partial charge on any atom is 0.253 e. The first-order chi connectivity index (χ1) is 14.1. The number of nitrogens with zero attached hydrogens (tertiary/aromatic N) is 4. The van der Waals surface area contributed by atoms with Crippen LogP contribution in [0.3, 0.4) is 0 Å². The average molecular weight is 395 g/mol. The summed E-state index contributed by atoms with van der Waals surface area (Å²) in [5.74, 6) is 2.02. The maximum atomic E-state index is 12.9. The number of methoxy groups -OCH3 is 2. The van der Waals surface area contributed by atoms with Crippen LogP contribution < -0.4 is 14.8 Å². The van der Waals surface area contributed by atoms with E-state index in [2.05, 4.69) is 15.4 Å². The highest BCUT2D eigenvalue weighted by atomic mass is 16.5. The Morgan fingerprint density at radius 1 is 1.14 bits per heavy atom. The monoisotopic (exact) mass is 395 g/mol. The molecule has 0 saturated carbocycles. The minimum Gasteiger partial charge on any atom is -0.493 e. The molecule has 152 valence electrons. The summed E-state index contributed by atoms with van der Waals surface area (Å²) in [6.45, 7) is 3.34. The number of aryl methyl sites for hydroxylation is 1. The Balaban J connectivity index is 1.41. The van der Waals surface area contributed by atoms with Crippen molar-refractivity contribution >= 4 is 17.2 Å². The number of nitrogens with one attached hydrogen (secondary N) is 1. The number of aromatic nitrogens is 3. The molecule has 1 aliphatic rings. The SMILES string of the molecule is COc1ccc(C(=O)N2CCC(Nc3nccn4nc(C)cc34)CC2)cc1OC. The van der Waals surface area contributed by atoms with Gasteiger partial charge in [-0.15, -0.1) is 0 Å². The summed E-state index contributed by atoms with van der Waals surface area (Å²) < 4.78 is 12.4. The lowest BCUT2D eigenvalue weighted by Crippen LogP contribution is -2.42. The highest BCUT2D eigenvalue weighted by Crippen LogP contribution is 2.28. The molecule has 1 fully saturated rings. The summed E-state index contributed by atoms with van der Waals surface area (Å²) in [6.07, 6.45) is 5.30. The topological polar surface area (TPSA) is 81.0 Å². The Morgan fingerprint density at radius 2 is 1.90 bits per heavy atom. The molecular formula is C21H25N5O3. The van der Waals surface area contributed by atoms with Gasteiger partial charge in [0.1, 0.15) is 5.52 Å². The van der Waals surface area contributed by atoms with Crippen molar-refractivity contribution in [3.8, 4) is 11.5 Å². The number of piperidine rings is 1. The van der Waals surface area contributed by atoms with Gasteiger partial charge in [0.2, 0.25) is 0 Å². The smallest absolute Gasteiger partial charge is 0.253 e. The van der Waals surface area contributed by atoms with E-state index in [-0.39, 0.29) is 11.9 Å². The number of carbonyl (C=O) groups excluding carboxylic acids is 1. The van der Waals surface area contributed by atoms with Crippen molar-refractivity contribution in [1.82, 2.24) is 19.5 Å². The van der Waals surface area contributed by atoms with E-state index in [1.807, 2.05) is 28.6 Å². The van der Waals surface area contributed by atoms with E-state index in [9.17, 15) is 4.79 Å². The number of likely N-dealkylation sites (tertiary alicyclic amines) is 1. The van der Waals surface area contributed by atoms with Gasteiger partial charge in [-0.2, -0.15) is 5.10 Å². The van der Waals surface area contributed by atoms with E-state index >= 15 is 0 Å². The highest BCUT2D eigenvalue weighted by molar-refractivity contribution is 5.95. The molecule has 0 unspecified atom stereocenters. The average Bonchev–Trinajstić information content (AvgIpc) is 3.14. The van der Waals surface area contributed by atoms with Crippen molar-refractivity contribution < 1.29 is 14.3 Å². The molecule has 1 saturated heterocycles. The van der Waals surface area contributed by atoms with Gasteiger partial charge in [-0.1, -0.05) is 0 Å². The van der Waals surface area contributed by atoms with Gasteiger partial charge in [-0.05, 0) is 44.0 Å². The molecule has 0 spiro atoms. The van der Waals surface area contributed by atoms with Crippen molar-refractivity contribution in [2.75, 3.05) is 32.6 Å². The van der Waals surface area contributed by atoms with Crippen molar-refractivity contribution in [2.45, 2.75) is 25.8 Å². The van der Waals surface area contributed by atoms with Gasteiger partial charge in [0.25, 0.3) is 5.91 Å². The minimum atomic E-state index is 0.0102. The Morgan fingerprint density at radius 3 is 2.62 bits per heavy atom. The first-order valence-corrected chi connectivity index (χ1v) is 9.68. The fraction of sp³-hybridized carbons (Fsp3) is 0.381. The minimum absolute atomic E-state index is 0.0102. The standard InChI is InChI=1S/C21H25N5O3/c1-14-12-17-20(22-8-11-26(17)24-14)23-16-6-9-25(10-7-16)21(27)15-4-5-18(28-2)19(13-15)29-3/h4-5,8,11-13,16H,6-7,9-10H2,1-3H3,(H,22,23). The van der Waals surface area contributed by atoms with Crippen LogP contribution >= 0.6 is 0 Å². The van der Waals surface area contributed by atoms with Crippen LogP contribution in [-0.4, -0.2) is 58.8 Å². The fourth-order valence-corrected chi connectivity index (χ4v) is 3.73. The number of ether oxygens (including phenoxy) is 2. The van der Waals surface area contributed by atoms with Crippen LogP contribution in [0, 0.1) is 6.92 Å². The van der Waals surface area contributed by atoms with Gasteiger partial charge >= 0.3 is 0 Å².